The van der Waals surface area contributed by atoms with Crippen molar-refractivity contribution in [3.05, 3.63) is 51.8 Å². The highest BCUT2D eigenvalue weighted by molar-refractivity contribution is 7.19. The number of aryl methyl sites for hydroxylation is 2. The lowest BCUT2D eigenvalue weighted by Crippen LogP contribution is -1.98. The van der Waals surface area contributed by atoms with Crippen LogP contribution in [0.1, 0.15) is 20.2 Å². The van der Waals surface area contributed by atoms with Crippen LogP contribution >= 0.6 is 22.7 Å². The monoisotopic (exact) mass is 315 g/mol. The summed E-state index contributed by atoms with van der Waals surface area (Å²) in [6.07, 6.45) is 0. The van der Waals surface area contributed by atoms with Gasteiger partial charge in [0.2, 0.25) is 0 Å². The first-order valence-electron chi connectivity index (χ1n) is 6.43. The summed E-state index contributed by atoms with van der Waals surface area (Å²) in [5, 5.41) is 10.2. The SMILES string of the molecule is Cc1cc(-c2nc(C(=O)O)c(-c3ccccc3)s2)c(C)s1. The van der Waals surface area contributed by atoms with Crippen molar-refractivity contribution < 1.29 is 9.90 Å². The fourth-order valence-corrected chi connectivity index (χ4v) is 4.33. The highest BCUT2D eigenvalue weighted by Gasteiger charge is 2.20. The Labute approximate surface area is 130 Å². The van der Waals surface area contributed by atoms with E-state index < -0.39 is 5.97 Å². The Hall–Kier alpha value is -1.98. The zero-order valence-electron chi connectivity index (χ0n) is 11.6. The van der Waals surface area contributed by atoms with Crippen molar-refractivity contribution in [2.75, 3.05) is 0 Å². The van der Waals surface area contributed by atoms with E-state index >= 15 is 0 Å². The molecule has 0 aliphatic heterocycles. The average molecular weight is 315 g/mol. The number of hydrogen-bond acceptors (Lipinski definition) is 4. The van der Waals surface area contributed by atoms with Crippen LogP contribution in [0, 0.1) is 13.8 Å². The zero-order chi connectivity index (χ0) is 15.0. The van der Waals surface area contributed by atoms with Crippen LogP contribution in [-0.2, 0) is 0 Å². The summed E-state index contributed by atoms with van der Waals surface area (Å²) in [4.78, 5) is 18.9. The third kappa shape index (κ3) is 2.62. The lowest BCUT2D eigenvalue weighted by molar-refractivity contribution is 0.0692. The van der Waals surface area contributed by atoms with Crippen LogP contribution in [0.25, 0.3) is 21.0 Å². The lowest BCUT2D eigenvalue weighted by atomic mass is 10.1. The van der Waals surface area contributed by atoms with Gasteiger partial charge >= 0.3 is 5.97 Å². The number of carbonyl (C=O) groups is 1. The molecular formula is C16H13NO2S2. The van der Waals surface area contributed by atoms with E-state index in [2.05, 4.69) is 11.1 Å². The highest BCUT2D eigenvalue weighted by Crippen LogP contribution is 2.38. The van der Waals surface area contributed by atoms with Gasteiger partial charge in [0.15, 0.2) is 5.69 Å². The molecule has 0 aliphatic rings. The van der Waals surface area contributed by atoms with Crippen LogP contribution in [0.4, 0.5) is 0 Å². The minimum Gasteiger partial charge on any atom is -0.476 e. The summed E-state index contributed by atoms with van der Waals surface area (Å²) < 4.78 is 0. The fourth-order valence-electron chi connectivity index (χ4n) is 2.21. The molecule has 0 atom stereocenters. The Morgan fingerprint density at radius 1 is 1.14 bits per heavy atom. The van der Waals surface area contributed by atoms with Gasteiger partial charge in [-0.05, 0) is 25.5 Å². The van der Waals surface area contributed by atoms with Crippen LogP contribution in [0.2, 0.25) is 0 Å². The molecule has 0 radical (unpaired) electrons. The van der Waals surface area contributed by atoms with Crippen LogP contribution in [0.15, 0.2) is 36.4 Å². The Morgan fingerprint density at radius 2 is 1.86 bits per heavy atom. The van der Waals surface area contributed by atoms with Crippen LogP contribution in [0.5, 0.6) is 0 Å². The number of carboxylic acid groups (broad SMARTS) is 1. The normalized spacial score (nSPS) is 10.8. The minimum atomic E-state index is -0.985. The van der Waals surface area contributed by atoms with Crippen molar-refractivity contribution in [1.82, 2.24) is 4.98 Å². The second-order valence-corrected chi connectivity index (χ2v) is 7.15. The first-order valence-corrected chi connectivity index (χ1v) is 8.06. The molecule has 3 aromatic rings. The van der Waals surface area contributed by atoms with E-state index in [-0.39, 0.29) is 5.69 Å². The summed E-state index contributed by atoms with van der Waals surface area (Å²) in [6, 6.07) is 11.6. The average Bonchev–Trinajstić information content (AvgIpc) is 3.03. The lowest BCUT2D eigenvalue weighted by Gasteiger charge is -1.97. The largest absolute Gasteiger partial charge is 0.476 e. The van der Waals surface area contributed by atoms with Gasteiger partial charge in [-0.2, -0.15) is 0 Å². The number of carboxylic acids is 1. The molecule has 0 spiro atoms. The second kappa shape index (κ2) is 5.42. The smallest absolute Gasteiger partial charge is 0.356 e. The molecular weight excluding hydrogens is 302 g/mol. The first-order chi connectivity index (χ1) is 10.1. The van der Waals surface area contributed by atoms with Gasteiger partial charge < -0.3 is 5.11 Å². The topological polar surface area (TPSA) is 50.2 Å². The summed E-state index contributed by atoms with van der Waals surface area (Å²) in [5.74, 6) is -0.985. The molecule has 21 heavy (non-hydrogen) atoms. The molecule has 0 amide bonds. The maximum absolute atomic E-state index is 11.5. The van der Waals surface area contributed by atoms with E-state index in [0.29, 0.717) is 4.88 Å². The standard InChI is InChI=1S/C16H13NO2S2/c1-9-8-12(10(2)20-9)15-17-13(16(18)19)14(21-15)11-6-4-3-5-7-11/h3-8H,1-2H3,(H,18,19). The molecule has 3 nitrogen and oxygen atoms in total. The van der Waals surface area contributed by atoms with E-state index in [1.54, 1.807) is 11.3 Å². The molecule has 1 aromatic carbocycles. The van der Waals surface area contributed by atoms with Gasteiger partial charge in [0, 0.05) is 15.3 Å². The summed E-state index contributed by atoms with van der Waals surface area (Å²) in [7, 11) is 0. The predicted octanol–water partition coefficient (Wildman–Crippen LogP) is 4.85. The second-order valence-electron chi connectivity index (χ2n) is 4.69. The van der Waals surface area contributed by atoms with Gasteiger partial charge in [-0.15, -0.1) is 22.7 Å². The van der Waals surface area contributed by atoms with Gasteiger partial charge in [-0.3, -0.25) is 0 Å². The molecule has 0 bridgehead atoms. The van der Waals surface area contributed by atoms with E-state index in [4.69, 9.17) is 0 Å². The van der Waals surface area contributed by atoms with E-state index in [1.165, 1.54) is 16.2 Å². The molecule has 5 heteroatoms. The quantitative estimate of drug-likeness (QED) is 0.751. The third-order valence-electron chi connectivity index (χ3n) is 3.14. The molecule has 0 fully saturated rings. The van der Waals surface area contributed by atoms with Crippen molar-refractivity contribution in [2.45, 2.75) is 13.8 Å². The highest BCUT2D eigenvalue weighted by atomic mass is 32.1. The van der Waals surface area contributed by atoms with E-state index in [9.17, 15) is 9.90 Å². The van der Waals surface area contributed by atoms with Crippen molar-refractivity contribution in [3.8, 4) is 21.0 Å². The van der Waals surface area contributed by atoms with Crippen LogP contribution in [0.3, 0.4) is 0 Å². The number of benzene rings is 1. The molecule has 106 valence electrons. The molecule has 1 N–H and O–H groups in total. The summed E-state index contributed by atoms with van der Waals surface area (Å²) in [6.45, 7) is 4.09. The number of nitrogens with zero attached hydrogens (tertiary/aromatic N) is 1. The number of thiophene rings is 1. The Kier molecular flexibility index (Phi) is 3.61. The van der Waals surface area contributed by atoms with Crippen LogP contribution in [-0.4, -0.2) is 16.1 Å². The molecule has 0 unspecified atom stereocenters. The van der Waals surface area contributed by atoms with Crippen molar-refractivity contribution >= 4 is 28.6 Å². The van der Waals surface area contributed by atoms with Crippen molar-refractivity contribution in [2.24, 2.45) is 0 Å². The third-order valence-corrected chi connectivity index (χ3v) is 5.24. The fraction of sp³-hybridized carbons (Fsp3) is 0.125. The van der Waals surface area contributed by atoms with E-state index in [0.717, 1.165) is 21.0 Å². The summed E-state index contributed by atoms with van der Waals surface area (Å²) in [5.41, 5.74) is 2.06. The van der Waals surface area contributed by atoms with Crippen molar-refractivity contribution in [3.63, 3.8) is 0 Å². The first kappa shape index (κ1) is 14.0. The van der Waals surface area contributed by atoms with E-state index in [1.807, 2.05) is 44.2 Å². The Bertz CT molecular complexity index is 803. The number of thiazole rings is 1. The maximum Gasteiger partial charge on any atom is 0.356 e. The maximum atomic E-state index is 11.5. The van der Waals surface area contributed by atoms with Gasteiger partial charge in [0.1, 0.15) is 5.01 Å². The molecule has 3 rings (SSSR count). The molecule has 2 aromatic heterocycles. The molecule has 0 saturated carbocycles. The molecule has 2 heterocycles. The van der Waals surface area contributed by atoms with Gasteiger partial charge in [0.25, 0.3) is 0 Å². The minimum absolute atomic E-state index is 0.129. The molecule has 0 aliphatic carbocycles. The predicted molar refractivity (Wildman–Crippen MR) is 87.3 cm³/mol. The van der Waals surface area contributed by atoms with Gasteiger partial charge in [-0.25, -0.2) is 9.78 Å². The van der Waals surface area contributed by atoms with Gasteiger partial charge in [-0.1, -0.05) is 30.3 Å². The summed E-state index contributed by atoms with van der Waals surface area (Å²) >= 11 is 3.14. The number of aromatic nitrogens is 1. The molecule has 0 saturated heterocycles. The Morgan fingerprint density at radius 3 is 2.43 bits per heavy atom. The Balaban J connectivity index is 2.18. The zero-order valence-corrected chi connectivity index (χ0v) is 13.2. The van der Waals surface area contributed by atoms with Crippen LogP contribution < -0.4 is 0 Å². The number of rotatable bonds is 3. The van der Waals surface area contributed by atoms with Crippen molar-refractivity contribution in [1.29, 1.82) is 0 Å². The number of aromatic carboxylic acids is 1. The van der Waals surface area contributed by atoms with Gasteiger partial charge in [0.05, 0.1) is 4.88 Å². The number of hydrogen-bond donors (Lipinski definition) is 1.